The normalized spacial score (nSPS) is 32.9. The Balaban J connectivity index is 1.30. The fraction of sp³-hybridized carbons (Fsp3) is 0.645. The molecule has 3 amide bonds. The summed E-state index contributed by atoms with van der Waals surface area (Å²) in [4.78, 5) is 44.0. The maximum Gasteiger partial charge on any atom is 0.246 e. The molecule has 39 heavy (non-hydrogen) atoms. The van der Waals surface area contributed by atoms with Crippen LogP contribution in [0.1, 0.15) is 77.0 Å². The molecule has 1 aromatic rings. The van der Waals surface area contributed by atoms with Crippen molar-refractivity contribution < 1.29 is 23.9 Å². The van der Waals surface area contributed by atoms with Crippen molar-refractivity contribution in [2.24, 2.45) is 11.8 Å². The third-order valence-corrected chi connectivity index (χ3v) is 9.64. The Morgan fingerprint density at radius 3 is 2.26 bits per heavy atom. The van der Waals surface area contributed by atoms with E-state index in [1.54, 1.807) is 31.4 Å². The molecule has 8 heteroatoms. The molecule has 8 nitrogen and oxygen atoms in total. The number of anilines is 1. The second kappa shape index (κ2) is 11.0. The Kier molecular flexibility index (Phi) is 7.40. The van der Waals surface area contributed by atoms with E-state index in [0.717, 1.165) is 64.2 Å². The van der Waals surface area contributed by atoms with E-state index in [9.17, 15) is 14.4 Å². The van der Waals surface area contributed by atoms with Crippen LogP contribution in [0.2, 0.25) is 0 Å². The first-order valence-corrected chi connectivity index (χ1v) is 15.0. The van der Waals surface area contributed by atoms with E-state index in [2.05, 4.69) is 10.6 Å². The van der Waals surface area contributed by atoms with Crippen LogP contribution < -0.4 is 15.4 Å². The van der Waals surface area contributed by atoms with E-state index in [0.29, 0.717) is 11.4 Å². The molecular formula is C31H41N3O5. The van der Waals surface area contributed by atoms with Crippen LogP contribution in [0.25, 0.3) is 0 Å². The molecule has 210 valence electrons. The Labute approximate surface area is 230 Å². The van der Waals surface area contributed by atoms with Gasteiger partial charge in [0.1, 0.15) is 17.4 Å². The van der Waals surface area contributed by atoms with Crippen molar-refractivity contribution in [2.45, 2.75) is 107 Å². The van der Waals surface area contributed by atoms with Crippen molar-refractivity contribution in [3.63, 3.8) is 0 Å². The molecule has 2 aliphatic carbocycles. The molecular weight excluding hydrogens is 494 g/mol. The van der Waals surface area contributed by atoms with E-state index in [-0.39, 0.29) is 29.8 Å². The van der Waals surface area contributed by atoms with Crippen molar-refractivity contribution in [1.82, 2.24) is 10.2 Å². The van der Waals surface area contributed by atoms with Gasteiger partial charge < -0.3 is 25.0 Å². The van der Waals surface area contributed by atoms with Gasteiger partial charge in [0.05, 0.1) is 25.0 Å². The summed E-state index contributed by atoms with van der Waals surface area (Å²) in [5.41, 5.74) is -0.472. The molecule has 3 aliphatic heterocycles. The first-order chi connectivity index (χ1) is 19.0. The zero-order valence-electron chi connectivity index (χ0n) is 22.9. The van der Waals surface area contributed by atoms with E-state index in [1.165, 1.54) is 12.8 Å². The highest BCUT2D eigenvalue weighted by Crippen LogP contribution is 2.56. The van der Waals surface area contributed by atoms with E-state index < -0.39 is 29.6 Å². The molecule has 4 fully saturated rings. The zero-order chi connectivity index (χ0) is 27.0. The molecule has 3 heterocycles. The largest absolute Gasteiger partial charge is 0.497 e. The quantitative estimate of drug-likeness (QED) is 0.528. The van der Waals surface area contributed by atoms with Gasteiger partial charge >= 0.3 is 0 Å². The van der Waals surface area contributed by atoms with Gasteiger partial charge in [0, 0.05) is 17.8 Å². The maximum absolute atomic E-state index is 14.4. The summed E-state index contributed by atoms with van der Waals surface area (Å²) in [6.45, 7) is 0. The number of carbonyl (C=O) groups is 3. The topological polar surface area (TPSA) is 97.0 Å². The third-order valence-electron chi connectivity index (χ3n) is 9.64. The number of nitrogens with zero attached hydrogens (tertiary/aromatic N) is 1. The van der Waals surface area contributed by atoms with Gasteiger partial charge in [0.25, 0.3) is 0 Å². The summed E-state index contributed by atoms with van der Waals surface area (Å²) in [6, 6.07) is 6.52. The van der Waals surface area contributed by atoms with Crippen molar-refractivity contribution in [3.05, 3.63) is 36.4 Å². The predicted octanol–water partition coefficient (Wildman–Crippen LogP) is 4.35. The van der Waals surface area contributed by atoms with Crippen LogP contribution in [0.4, 0.5) is 5.69 Å². The van der Waals surface area contributed by atoms with Crippen LogP contribution in [0.15, 0.2) is 36.4 Å². The number of carbonyl (C=O) groups excluding carboxylic acids is 3. The molecule has 2 saturated carbocycles. The summed E-state index contributed by atoms with van der Waals surface area (Å²) in [6.07, 6.45) is 16.0. The van der Waals surface area contributed by atoms with Gasteiger partial charge in [-0.1, -0.05) is 63.5 Å². The van der Waals surface area contributed by atoms with Crippen LogP contribution in [0, 0.1) is 11.8 Å². The second-order valence-electron chi connectivity index (χ2n) is 12.0. The smallest absolute Gasteiger partial charge is 0.246 e. The van der Waals surface area contributed by atoms with Gasteiger partial charge in [-0.2, -0.15) is 0 Å². The number of amides is 3. The number of nitrogens with one attached hydrogen (secondary N) is 2. The highest BCUT2D eigenvalue weighted by atomic mass is 16.5. The lowest BCUT2D eigenvalue weighted by Crippen LogP contribution is -2.58. The van der Waals surface area contributed by atoms with E-state index in [4.69, 9.17) is 9.47 Å². The zero-order valence-corrected chi connectivity index (χ0v) is 22.9. The lowest BCUT2D eigenvalue weighted by Gasteiger charge is -2.38. The average Bonchev–Trinajstić information content (AvgIpc) is 3.57. The Hall–Kier alpha value is -2.87. The van der Waals surface area contributed by atoms with Crippen LogP contribution in [0.3, 0.4) is 0 Å². The van der Waals surface area contributed by atoms with Crippen LogP contribution >= 0.6 is 0 Å². The number of hydrogen-bond donors (Lipinski definition) is 2. The minimum absolute atomic E-state index is 0.0127. The number of fused-ring (bicyclic) bond motifs is 1. The number of likely N-dealkylation sites (tertiary alicyclic amines) is 1. The lowest BCUT2D eigenvalue weighted by atomic mass is 9.74. The Morgan fingerprint density at radius 2 is 1.56 bits per heavy atom. The highest BCUT2D eigenvalue weighted by Gasteiger charge is 2.73. The summed E-state index contributed by atoms with van der Waals surface area (Å²) in [5.74, 6) is -1.18. The van der Waals surface area contributed by atoms with Gasteiger partial charge in [-0.15, -0.1) is 0 Å². The summed E-state index contributed by atoms with van der Waals surface area (Å²) in [7, 11) is 1.60. The molecule has 0 radical (unpaired) electrons. The number of hydrogen-bond acceptors (Lipinski definition) is 5. The molecule has 1 spiro atoms. The molecule has 1 aromatic carbocycles. The van der Waals surface area contributed by atoms with Crippen molar-refractivity contribution in [2.75, 3.05) is 12.4 Å². The van der Waals surface area contributed by atoms with Crippen LogP contribution in [0.5, 0.6) is 5.75 Å². The molecule has 6 rings (SSSR count). The Bertz CT molecular complexity index is 1110. The molecule has 2 bridgehead atoms. The average molecular weight is 536 g/mol. The van der Waals surface area contributed by atoms with Crippen LogP contribution in [-0.4, -0.2) is 59.6 Å². The maximum atomic E-state index is 14.4. The molecule has 0 aromatic heterocycles. The molecule has 2 saturated heterocycles. The van der Waals surface area contributed by atoms with Crippen molar-refractivity contribution >= 4 is 23.4 Å². The SMILES string of the molecule is COc1ccc(NC(=O)[C@H]2[C@H]3C=C[C@]4(O3)[C@H](C(=O)NC3CCCCC3)N(C3CCCCCCC3)C(=O)[C@@H]24)cc1. The number of benzene rings is 1. The van der Waals surface area contributed by atoms with E-state index in [1.807, 2.05) is 17.1 Å². The predicted molar refractivity (Wildman–Crippen MR) is 147 cm³/mol. The minimum Gasteiger partial charge on any atom is -0.497 e. The summed E-state index contributed by atoms with van der Waals surface area (Å²) >= 11 is 0. The van der Waals surface area contributed by atoms with Crippen molar-refractivity contribution in [1.29, 1.82) is 0 Å². The number of rotatable bonds is 6. The lowest BCUT2D eigenvalue weighted by molar-refractivity contribution is -0.144. The molecule has 2 N–H and O–H groups in total. The fourth-order valence-electron chi connectivity index (χ4n) is 7.74. The first kappa shape index (κ1) is 26.4. The summed E-state index contributed by atoms with van der Waals surface area (Å²) < 4.78 is 11.8. The fourth-order valence-corrected chi connectivity index (χ4v) is 7.74. The van der Waals surface area contributed by atoms with Gasteiger partial charge in [0.15, 0.2) is 0 Å². The van der Waals surface area contributed by atoms with Crippen molar-refractivity contribution in [3.8, 4) is 5.75 Å². The minimum atomic E-state index is -1.11. The van der Waals surface area contributed by atoms with Gasteiger partial charge in [-0.25, -0.2) is 0 Å². The van der Waals surface area contributed by atoms with Gasteiger partial charge in [-0.05, 0) is 49.9 Å². The standard InChI is InChI=1S/C31H41N3O5/c1-38-23-16-14-21(15-17-23)32-28(35)25-24-18-19-31(39-24)26(25)30(37)34(22-12-8-3-2-4-9-13-22)27(31)29(36)33-20-10-6-5-7-11-20/h14-20,22,24-27H,2-13H2,1H3,(H,32,35)(H,33,36)/t24-,25+,26-,27+,31-/m1/s1. The monoisotopic (exact) mass is 535 g/mol. The molecule has 5 atom stereocenters. The number of methoxy groups -OCH3 is 1. The molecule has 5 aliphatic rings. The van der Waals surface area contributed by atoms with Gasteiger partial charge in [-0.3, -0.25) is 14.4 Å². The number of ether oxygens (including phenoxy) is 2. The molecule has 0 unspecified atom stereocenters. The van der Waals surface area contributed by atoms with Gasteiger partial charge in [0.2, 0.25) is 17.7 Å². The first-order valence-electron chi connectivity index (χ1n) is 15.0. The third kappa shape index (κ3) is 4.75. The van der Waals surface area contributed by atoms with Crippen LogP contribution in [-0.2, 0) is 19.1 Å². The Morgan fingerprint density at radius 1 is 0.923 bits per heavy atom. The second-order valence-corrected chi connectivity index (χ2v) is 12.0. The van der Waals surface area contributed by atoms with E-state index >= 15 is 0 Å². The highest BCUT2D eigenvalue weighted by molar-refractivity contribution is 6.03. The summed E-state index contributed by atoms with van der Waals surface area (Å²) in [5, 5.41) is 6.30.